The predicted octanol–water partition coefficient (Wildman–Crippen LogP) is 2.73. The molecule has 2 heterocycles. The van der Waals surface area contributed by atoms with Crippen molar-refractivity contribution < 1.29 is 9.59 Å². The standard InChI is InChI=1S/C19H23N3O2S/c1-12-4-6-15(7-5-12)10-22-11-16(8-18(22)23)19(24)20-9-17-13(2)21-14(3)25-17/h4-7,16H,8-11H2,1-3H3,(H,20,24)/t16-/m1/s1. The van der Waals surface area contributed by atoms with E-state index in [4.69, 9.17) is 0 Å². The van der Waals surface area contributed by atoms with Gasteiger partial charge in [0, 0.05) is 24.4 Å². The highest BCUT2D eigenvalue weighted by atomic mass is 32.1. The molecule has 1 aromatic carbocycles. The number of aryl methyl sites for hydroxylation is 3. The van der Waals surface area contributed by atoms with Crippen LogP contribution in [0.25, 0.3) is 0 Å². The lowest BCUT2D eigenvalue weighted by molar-refractivity contribution is -0.129. The monoisotopic (exact) mass is 357 g/mol. The fourth-order valence-electron chi connectivity index (χ4n) is 3.06. The van der Waals surface area contributed by atoms with Crippen LogP contribution in [0.15, 0.2) is 24.3 Å². The van der Waals surface area contributed by atoms with Crippen LogP contribution in [-0.4, -0.2) is 28.2 Å². The van der Waals surface area contributed by atoms with E-state index < -0.39 is 0 Å². The van der Waals surface area contributed by atoms with Crippen molar-refractivity contribution in [3.05, 3.63) is 51.0 Å². The van der Waals surface area contributed by atoms with Gasteiger partial charge in [0.15, 0.2) is 0 Å². The molecule has 1 aromatic heterocycles. The molecule has 1 saturated heterocycles. The molecule has 1 aliphatic heterocycles. The van der Waals surface area contributed by atoms with E-state index >= 15 is 0 Å². The van der Waals surface area contributed by atoms with Crippen LogP contribution in [0.5, 0.6) is 0 Å². The molecule has 132 valence electrons. The Bertz CT molecular complexity index is 782. The third kappa shape index (κ3) is 4.25. The summed E-state index contributed by atoms with van der Waals surface area (Å²) in [5.74, 6) is -0.275. The average Bonchev–Trinajstić information content (AvgIpc) is 3.09. The largest absolute Gasteiger partial charge is 0.351 e. The molecule has 0 aliphatic carbocycles. The van der Waals surface area contributed by atoms with Crippen LogP contribution in [0.4, 0.5) is 0 Å². The number of amides is 2. The van der Waals surface area contributed by atoms with Gasteiger partial charge in [-0.25, -0.2) is 4.98 Å². The number of hydrogen-bond donors (Lipinski definition) is 1. The molecule has 1 aliphatic rings. The van der Waals surface area contributed by atoms with E-state index in [9.17, 15) is 9.59 Å². The van der Waals surface area contributed by atoms with Crippen molar-refractivity contribution in [3.8, 4) is 0 Å². The van der Waals surface area contributed by atoms with E-state index in [2.05, 4.69) is 10.3 Å². The maximum Gasteiger partial charge on any atom is 0.225 e. The lowest BCUT2D eigenvalue weighted by atomic mass is 10.1. The normalized spacial score (nSPS) is 17.2. The molecule has 0 spiro atoms. The van der Waals surface area contributed by atoms with Gasteiger partial charge in [0.25, 0.3) is 0 Å². The Morgan fingerprint density at radius 3 is 2.64 bits per heavy atom. The average molecular weight is 357 g/mol. The second-order valence-electron chi connectivity index (χ2n) is 6.62. The highest BCUT2D eigenvalue weighted by Crippen LogP contribution is 2.22. The topological polar surface area (TPSA) is 62.3 Å². The summed E-state index contributed by atoms with van der Waals surface area (Å²) in [4.78, 5) is 31.9. The van der Waals surface area contributed by atoms with Gasteiger partial charge >= 0.3 is 0 Å². The number of likely N-dealkylation sites (tertiary alicyclic amines) is 1. The van der Waals surface area contributed by atoms with Crippen molar-refractivity contribution in [2.75, 3.05) is 6.54 Å². The molecular formula is C19H23N3O2S. The molecule has 6 heteroatoms. The Kier molecular flexibility index (Phi) is 5.18. The van der Waals surface area contributed by atoms with Gasteiger partial charge < -0.3 is 10.2 Å². The first-order chi connectivity index (χ1) is 11.9. The smallest absolute Gasteiger partial charge is 0.225 e. The number of hydrogen-bond acceptors (Lipinski definition) is 4. The quantitative estimate of drug-likeness (QED) is 0.895. The first-order valence-corrected chi connectivity index (χ1v) is 9.28. The molecule has 0 saturated carbocycles. The van der Waals surface area contributed by atoms with E-state index in [1.807, 2.05) is 45.0 Å². The summed E-state index contributed by atoms with van der Waals surface area (Å²) in [5, 5.41) is 3.96. The maximum absolute atomic E-state index is 12.4. The molecular weight excluding hydrogens is 334 g/mol. The molecule has 1 N–H and O–H groups in total. The predicted molar refractivity (Wildman–Crippen MR) is 98.1 cm³/mol. The van der Waals surface area contributed by atoms with Gasteiger partial charge in [0.1, 0.15) is 0 Å². The van der Waals surface area contributed by atoms with Gasteiger partial charge in [-0.3, -0.25) is 9.59 Å². The molecule has 25 heavy (non-hydrogen) atoms. The van der Waals surface area contributed by atoms with Gasteiger partial charge in [-0.05, 0) is 26.3 Å². The zero-order valence-electron chi connectivity index (χ0n) is 14.8. The number of carbonyl (C=O) groups excluding carboxylic acids is 2. The molecule has 5 nitrogen and oxygen atoms in total. The fraction of sp³-hybridized carbons (Fsp3) is 0.421. The number of thiazole rings is 1. The number of carbonyl (C=O) groups is 2. The third-order valence-corrected chi connectivity index (χ3v) is 5.57. The molecule has 1 atom stereocenters. The minimum Gasteiger partial charge on any atom is -0.351 e. The number of benzene rings is 1. The van der Waals surface area contributed by atoms with Gasteiger partial charge in [-0.1, -0.05) is 29.8 Å². The Labute approximate surface area is 152 Å². The molecule has 0 radical (unpaired) electrons. The first kappa shape index (κ1) is 17.6. The van der Waals surface area contributed by atoms with E-state index in [-0.39, 0.29) is 17.7 Å². The van der Waals surface area contributed by atoms with Gasteiger partial charge in [-0.2, -0.15) is 0 Å². The number of nitrogens with one attached hydrogen (secondary N) is 1. The zero-order valence-corrected chi connectivity index (χ0v) is 15.7. The fourth-order valence-corrected chi connectivity index (χ4v) is 3.94. The summed E-state index contributed by atoms with van der Waals surface area (Å²) in [5.41, 5.74) is 3.25. The van der Waals surface area contributed by atoms with Gasteiger partial charge in [-0.15, -0.1) is 11.3 Å². The van der Waals surface area contributed by atoms with Gasteiger partial charge in [0.2, 0.25) is 11.8 Å². The van der Waals surface area contributed by atoms with Crippen LogP contribution >= 0.6 is 11.3 Å². The van der Waals surface area contributed by atoms with Crippen molar-refractivity contribution in [3.63, 3.8) is 0 Å². The van der Waals surface area contributed by atoms with Crippen molar-refractivity contribution in [2.45, 2.75) is 40.3 Å². The van der Waals surface area contributed by atoms with E-state index in [0.717, 1.165) is 21.1 Å². The maximum atomic E-state index is 12.4. The summed E-state index contributed by atoms with van der Waals surface area (Å²) in [6.45, 7) is 7.49. The minimum absolute atomic E-state index is 0.0468. The Morgan fingerprint density at radius 1 is 1.28 bits per heavy atom. The number of aromatic nitrogens is 1. The Balaban J connectivity index is 1.55. The highest BCUT2D eigenvalue weighted by Gasteiger charge is 2.34. The second-order valence-corrected chi connectivity index (χ2v) is 7.91. The third-order valence-electron chi connectivity index (χ3n) is 4.50. The molecule has 1 fully saturated rings. The summed E-state index contributed by atoms with van der Waals surface area (Å²) in [7, 11) is 0. The molecule has 0 bridgehead atoms. The SMILES string of the molecule is Cc1ccc(CN2C[C@H](C(=O)NCc3sc(C)nc3C)CC2=O)cc1. The van der Waals surface area contributed by atoms with E-state index in [1.54, 1.807) is 16.2 Å². The van der Waals surface area contributed by atoms with Crippen molar-refractivity contribution in [2.24, 2.45) is 5.92 Å². The summed E-state index contributed by atoms with van der Waals surface area (Å²) < 4.78 is 0. The van der Waals surface area contributed by atoms with Crippen LogP contribution in [-0.2, 0) is 22.7 Å². The van der Waals surface area contributed by atoms with Crippen molar-refractivity contribution in [1.29, 1.82) is 0 Å². The number of rotatable bonds is 5. The van der Waals surface area contributed by atoms with Crippen LogP contribution in [0.2, 0.25) is 0 Å². The molecule has 2 aromatic rings. The van der Waals surface area contributed by atoms with Crippen molar-refractivity contribution in [1.82, 2.24) is 15.2 Å². The Hall–Kier alpha value is -2.21. The van der Waals surface area contributed by atoms with E-state index in [0.29, 0.717) is 26.1 Å². The lowest BCUT2D eigenvalue weighted by Crippen LogP contribution is -2.32. The zero-order chi connectivity index (χ0) is 18.0. The van der Waals surface area contributed by atoms with Crippen LogP contribution in [0.3, 0.4) is 0 Å². The van der Waals surface area contributed by atoms with Crippen LogP contribution < -0.4 is 5.32 Å². The van der Waals surface area contributed by atoms with Crippen LogP contribution in [0.1, 0.15) is 33.1 Å². The van der Waals surface area contributed by atoms with Crippen LogP contribution in [0, 0.1) is 26.7 Å². The second kappa shape index (κ2) is 7.35. The van der Waals surface area contributed by atoms with Gasteiger partial charge in [0.05, 0.1) is 23.2 Å². The molecule has 2 amide bonds. The first-order valence-electron chi connectivity index (χ1n) is 8.46. The summed E-state index contributed by atoms with van der Waals surface area (Å²) in [6.07, 6.45) is 0.290. The van der Waals surface area contributed by atoms with E-state index in [1.165, 1.54) is 5.56 Å². The summed E-state index contributed by atoms with van der Waals surface area (Å²) in [6, 6.07) is 8.15. The highest BCUT2D eigenvalue weighted by molar-refractivity contribution is 7.11. The molecule has 3 rings (SSSR count). The molecule has 0 unspecified atom stereocenters. The lowest BCUT2D eigenvalue weighted by Gasteiger charge is -2.17. The number of nitrogens with zero attached hydrogens (tertiary/aromatic N) is 2. The Morgan fingerprint density at radius 2 is 2.00 bits per heavy atom. The minimum atomic E-state index is -0.271. The van der Waals surface area contributed by atoms with Crippen molar-refractivity contribution >= 4 is 23.2 Å². The summed E-state index contributed by atoms with van der Waals surface area (Å²) >= 11 is 1.60.